The van der Waals surface area contributed by atoms with Crippen LogP contribution in [0.5, 0.6) is 0 Å². The van der Waals surface area contributed by atoms with Crippen molar-refractivity contribution in [2.75, 3.05) is 24.5 Å². The molecule has 0 N–H and O–H groups in total. The average molecular weight is 406 g/mol. The molecule has 0 radical (unpaired) electrons. The minimum absolute atomic E-state index is 0.0551. The van der Waals surface area contributed by atoms with E-state index in [4.69, 9.17) is 0 Å². The number of nitrogens with zero attached hydrogens (tertiary/aromatic N) is 3. The first-order valence-corrected chi connectivity index (χ1v) is 11.2. The Balaban J connectivity index is 1.47. The van der Waals surface area contributed by atoms with Gasteiger partial charge >= 0.3 is 0 Å². The number of aromatic nitrogens is 1. The lowest BCUT2D eigenvalue weighted by Crippen LogP contribution is -2.53. The number of hydrogen-bond acceptors (Lipinski definition) is 4. The van der Waals surface area contributed by atoms with Crippen LogP contribution in [0.3, 0.4) is 0 Å². The van der Waals surface area contributed by atoms with Gasteiger partial charge in [0.2, 0.25) is 0 Å². The fourth-order valence-electron chi connectivity index (χ4n) is 4.18. The molecule has 1 fully saturated rings. The van der Waals surface area contributed by atoms with Crippen LogP contribution in [0.2, 0.25) is 0 Å². The molecule has 1 aliphatic heterocycles. The van der Waals surface area contributed by atoms with Gasteiger partial charge in [-0.1, -0.05) is 43.3 Å². The Hall–Kier alpha value is -2.50. The molecule has 2 unspecified atom stereocenters. The van der Waals surface area contributed by atoms with Gasteiger partial charge in [-0.05, 0) is 47.9 Å². The summed E-state index contributed by atoms with van der Waals surface area (Å²) in [6.07, 6.45) is 3.79. The Labute approximate surface area is 176 Å². The van der Waals surface area contributed by atoms with E-state index in [2.05, 4.69) is 47.1 Å². The minimum atomic E-state index is 0.0551. The maximum Gasteiger partial charge on any atom is 0.260 e. The van der Waals surface area contributed by atoms with Crippen LogP contribution in [0.1, 0.15) is 29.3 Å². The quantitative estimate of drug-likeness (QED) is 0.594. The number of anilines is 1. The zero-order valence-corrected chi connectivity index (χ0v) is 17.6. The van der Waals surface area contributed by atoms with E-state index >= 15 is 0 Å². The van der Waals surface area contributed by atoms with Gasteiger partial charge in [0.1, 0.15) is 5.82 Å². The number of carbonyl (C=O) groups excluding carboxylic acids is 1. The smallest absolute Gasteiger partial charge is 0.260 e. The number of thiophene rings is 1. The van der Waals surface area contributed by atoms with Crippen molar-refractivity contribution in [2.45, 2.75) is 25.8 Å². The van der Waals surface area contributed by atoms with Crippen molar-refractivity contribution in [3.8, 4) is 0 Å². The van der Waals surface area contributed by atoms with Crippen molar-refractivity contribution in [3.63, 3.8) is 0 Å². The van der Waals surface area contributed by atoms with Crippen molar-refractivity contribution < 1.29 is 4.79 Å². The van der Waals surface area contributed by atoms with Crippen molar-refractivity contribution in [1.29, 1.82) is 0 Å². The second-order valence-electron chi connectivity index (χ2n) is 7.74. The summed E-state index contributed by atoms with van der Waals surface area (Å²) < 4.78 is 0. The predicted octanol–water partition coefficient (Wildman–Crippen LogP) is 4.74. The molecule has 4 nitrogen and oxygen atoms in total. The van der Waals surface area contributed by atoms with Crippen molar-refractivity contribution in [2.24, 2.45) is 5.92 Å². The third-order valence-electron chi connectivity index (χ3n) is 5.72. The number of hydrogen-bond donors (Lipinski definition) is 0. The Morgan fingerprint density at radius 3 is 2.69 bits per heavy atom. The van der Waals surface area contributed by atoms with Gasteiger partial charge in [-0.3, -0.25) is 9.69 Å². The highest BCUT2D eigenvalue weighted by atomic mass is 32.1. The van der Waals surface area contributed by atoms with Crippen LogP contribution in [0.4, 0.5) is 5.82 Å². The predicted molar refractivity (Wildman–Crippen MR) is 120 cm³/mol. The average Bonchev–Trinajstić information content (AvgIpc) is 3.30. The van der Waals surface area contributed by atoms with Crippen LogP contribution in [0.25, 0.3) is 0 Å². The summed E-state index contributed by atoms with van der Waals surface area (Å²) in [6, 6.07) is 18.5. The summed E-state index contributed by atoms with van der Waals surface area (Å²) in [7, 11) is 0. The molecular weight excluding hydrogens is 378 g/mol. The lowest BCUT2D eigenvalue weighted by atomic mass is 9.91. The van der Waals surface area contributed by atoms with E-state index in [9.17, 15) is 4.79 Å². The first kappa shape index (κ1) is 19.8. The van der Waals surface area contributed by atoms with Crippen LogP contribution in [-0.2, 0) is 6.42 Å². The SMILES string of the molecule is CC1CN(CCc2ccccc2)CCC1N(C(=O)c1ccsc1)c1ccccn1. The fraction of sp³-hybridized carbons (Fsp3) is 0.333. The molecule has 1 aliphatic rings. The van der Waals surface area contributed by atoms with Crippen LogP contribution in [0, 0.1) is 5.92 Å². The van der Waals surface area contributed by atoms with Gasteiger partial charge in [0, 0.05) is 37.3 Å². The number of rotatable bonds is 6. The summed E-state index contributed by atoms with van der Waals surface area (Å²) >= 11 is 1.56. The van der Waals surface area contributed by atoms with E-state index in [0.717, 1.165) is 43.9 Å². The molecule has 1 amide bonds. The lowest BCUT2D eigenvalue weighted by Gasteiger charge is -2.42. The summed E-state index contributed by atoms with van der Waals surface area (Å²) in [6.45, 7) is 5.32. The molecule has 1 saturated heterocycles. The largest absolute Gasteiger partial charge is 0.303 e. The van der Waals surface area contributed by atoms with E-state index in [0.29, 0.717) is 5.92 Å². The monoisotopic (exact) mass is 405 g/mol. The summed E-state index contributed by atoms with van der Waals surface area (Å²) in [4.78, 5) is 22.3. The molecule has 4 rings (SSSR count). The van der Waals surface area contributed by atoms with E-state index in [1.807, 2.05) is 39.9 Å². The van der Waals surface area contributed by atoms with E-state index < -0.39 is 0 Å². The molecular formula is C24H27N3OS. The third kappa shape index (κ3) is 4.74. The zero-order valence-electron chi connectivity index (χ0n) is 16.8. The van der Waals surface area contributed by atoms with Crippen LogP contribution >= 0.6 is 11.3 Å². The molecule has 3 heterocycles. The first-order valence-electron chi connectivity index (χ1n) is 10.3. The molecule has 0 saturated carbocycles. The van der Waals surface area contributed by atoms with E-state index in [-0.39, 0.29) is 11.9 Å². The molecule has 0 aliphatic carbocycles. The zero-order chi connectivity index (χ0) is 20.1. The van der Waals surface area contributed by atoms with Crippen molar-refractivity contribution >= 4 is 23.1 Å². The standard InChI is InChI=1S/C24H27N3OS/c1-19-17-26(14-10-20-7-3-2-4-8-20)15-11-22(19)27(23-9-5-6-13-25-23)24(28)21-12-16-29-18-21/h2-9,12-13,16,18-19,22H,10-11,14-15,17H2,1H3. The Kier molecular flexibility index (Phi) is 6.37. The fourth-order valence-corrected chi connectivity index (χ4v) is 4.81. The molecule has 1 aromatic carbocycles. The van der Waals surface area contributed by atoms with Gasteiger partial charge < -0.3 is 4.90 Å². The number of benzene rings is 1. The van der Waals surface area contributed by atoms with Crippen LogP contribution in [-0.4, -0.2) is 41.5 Å². The highest BCUT2D eigenvalue weighted by molar-refractivity contribution is 7.08. The van der Waals surface area contributed by atoms with Gasteiger partial charge in [0.15, 0.2) is 0 Å². The molecule has 2 aromatic heterocycles. The topological polar surface area (TPSA) is 36.4 Å². The molecule has 5 heteroatoms. The minimum Gasteiger partial charge on any atom is -0.303 e. The van der Waals surface area contributed by atoms with E-state index in [1.165, 1.54) is 5.56 Å². The van der Waals surface area contributed by atoms with Crippen LogP contribution < -0.4 is 4.90 Å². The van der Waals surface area contributed by atoms with Crippen molar-refractivity contribution in [3.05, 3.63) is 82.7 Å². The number of amides is 1. The maximum atomic E-state index is 13.3. The van der Waals surface area contributed by atoms with E-state index in [1.54, 1.807) is 17.5 Å². The number of piperidine rings is 1. The van der Waals surface area contributed by atoms with Crippen molar-refractivity contribution in [1.82, 2.24) is 9.88 Å². The Bertz CT molecular complexity index is 898. The van der Waals surface area contributed by atoms with Gasteiger partial charge in [-0.15, -0.1) is 0 Å². The molecule has 150 valence electrons. The lowest BCUT2D eigenvalue weighted by molar-refractivity contribution is 0.0932. The van der Waals surface area contributed by atoms with Gasteiger partial charge in [-0.25, -0.2) is 4.98 Å². The number of carbonyl (C=O) groups is 1. The van der Waals surface area contributed by atoms with Gasteiger partial charge in [-0.2, -0.15) is 11.3 Å². The number of pyridine rings is 1. The normalized spacial score (nSPS) is 19.8. The number of likely N-dealkylation sites (tertiary alicyclic amines) is 1. The van der Waals surface area contributed by atoms with Gasteiger partial charge in [0.05, 0.1) is 5.56 Å². The Morgan fingerprint density at radius 2 is 2.00 bits per heavy atom. The third-order valence-corrected chi connectivity index (χ3v) is 6.40. The second-order valence-corrected chi connectivity index (χ2v) is 8.52. The summed E-state index contributed by atoms with van der Waals surface area (Å²) in [5.74, 6) is 1.18. The second kappa shape index (κ2) is 9.33. The first-order chi connectivity index (χ1) is 14.2. The highest BCUT2D eigenvalue weighted by Gasteiger charge is 2.35. The Morgan fingerprint density at radius 1 is 1.17 bits per heavy atom. The molecule has 3 aromatic rings. The van der Waals surface area contributed by atoms with Crippen LogP contribution in [0.15, 0.2) is 71.6 Å². The summed E-state index contributed by atoms with van der Waals surface area (Å²) in [5.41, 5.74) is 2.13. The molecule has 29 heavy (non-hydrogen) atoms. The molecule has 2 atom stereocenters. The maximum absolute atomic E-state index is 13.3. The highest BCUT2D eigenvalue weighted by Crippen LogP contribution is 2.28. The summed E-state index contributed by atoms with van der Waals surface area (Å²) in [5, 5.41) is 3.89. The molecule has 0 spiro atoms. The van der Waals surface area contributed by atoms with Gasteiger partial charge in [0.25, 0.3) is 5.91 Å². The molecule has 0 bridgehead atoms.